The summed E-state index contributed by atoms with van der Waals surface area (Å²) in [6.45, 7) is 12.5. The zero-order chi connectivity index (χ0) is 27.0. The molecule has 2 unspecified atom stereocenters. The lowest BCUT2D eigenvalue weighted by Gasteiger charge is -2.33. The summed E-state index contributed by atoms with van der Waals surface area (Å²) < 4.78 is 11.0. The highest BCUT2D eigenvalue weighted by Crippen LogP contribution is 2.17. The van der Waals surface area contributed by atoms with Gasteiger partial charge in [0.1, 0.15) is 17.4 Å². The third-order valence-electron chi connectivity index (χ3n) is 5.62. The average Bonchev–Trinajstić information content (AvgIpc) is 2.78. The smallest absolute Gasteiger partial charge is 0.415 e. The molecule has 1 aromatic carbocycles. The van der Waals surface area contributed by atoms with Crippen molar-refractivity contribution in [3.05, 3.63) is 29.8 Å². The molecule has 3 amide bonds. The second-order valence-electron chi connectivity index (χ2n) is 10.5. The molecule has 11 heteroatoms. The Bertz CT molecular complexity index is 924. The summed E-state index contributed by atoms with van der Waals surface area (Å²) in [7, 11) is 0. The van der Waals surface area contributed by atoms with E-state index in [1.165, 1.54) is 6.92 Å². The normalized spacial score (nSPS) is 15.4. The Labute approximate surface area is 225 Å². The van der Waals surface area contributed by atoms with Crippen molar-refractivity contribution in [3.8, 4) is 5.75 Å². The fourth-order valence-corrected chi connectivity index (χ4v) is 3.76. The molecule has 10 nitrogen and oxygen atoms in total. The number of ether oxygens (including phenoxy) is 2. The van der Waals surface area contributed by atoms with Crippen molar-refractivity contribution in [2.45, 2.75) is 72.1 Å². The monoisotopic (exact) mass is 540 g/mol. The summed E-state index contributed by atoms with van der Waals surface area (Å²) in [5.41, 5.74) is 6.04. The van der Waals surface area contributed by atoms with Gasteiger partial charge in [0.2, 0.25) is 11.8 Å². The third-order valence-corrected chi connectivity index (χ3v) is 5.62. The van der Waals surface area contributed by atoms with Gasteiger partial charge in [-0.25, -0.2) is 9.59 Å². The number of halogens is 1. The summed E-state index contributed by atoms with van der Waals surface area (Å²) >= 11 is 0. The van der Waals surface area contributed by atoms with Crippen LogP contribution < -0.4 is 15.8 Å². The Hall–Kier alpha value is -2.85. The first kappa shape index (κ1) is 32.2. The van der Waals surface area contributed by atoms with Crippen molar-refractivity contribution in [1.29, 1.82) is 0 Å². The Balaban J connectivity index is 0.00000684. The molecule has 37 heavy (non-hydrogen) atoms. The minimum Gasteiger partial charge on any atom is -0.458 e. The molecule has 1 aliphatic rings. The molecule has 2 rings (SSSR count). The Morgan fingerprint density at radius 3 is 2.03 bits per heavy atom. The zero-order valence-electron chi connectivity index (χ0n) is 22.6. The molecular formula is C26H41ClN4O6. The molecular weight excluding hydrogens is 500 g/mol. The Kier molecular flexibility index (Phi) is 12.3. The number of nitrogens with zero attached hydrogens (tertiary/aromatic N) is 2. The van der Waals surface area contributed by atoms with E-state index in [1.54, 1.807) is 54.8 Å². The largest absolute Gasteiger partial charge is 0.458 e. The molecule has 1 heterocycles. The van der Waals surface area contributed by atoms with Crippen LogP contribution in [0.5, 0.6) is 5.75 Å². The number of amides is 3. The number of esters is 1. The van der Waals surface area contributed by atoms with Crippen LogP contribution in [0.4, 0.5) is 4.79 Å². The lowest BCUT2D eigenvalue weighted by molar-refractivity contribution is -0.158. The maximum atomic E-state index is 12.8. The molecule has 2 atom stereocenters. The van der Waals surface area contributed by atoms with E-state index in [9.17, 15) is 19.2 Å². The molecule has 0 saturated carbocycles. The van der Waals surface area contributed by atoms with Crippen molar-refractivity contribution in [2.24, 2.45) is 11.7 Å². The van der Waals surface area contributed by atoms with Gasteiger partial charge < -0.3 is 30.3 Å². The molecule has 208 valence electrons. The van der Waals surface area contributed by atoms with E-state index in [0.29, 0.717) is 38.3 Å². The topological polar surface area (TPSA) is 131 Å². The van der Waals surface area contributed by atoms with Gasteiger partial charge in [-0.05, 0) is 50.8 Å². The first-order valence-corrected chi connectivity index (χ1v) is 12.3. The molecule has 1 aliphatic heterocycles. The number of nitrogens with one attached hydrogen (secondary N) is 1. The maximum absolute atomic E-state index is 12.8. The SMILES string of the molecule is CC(=O)N1CCN(C(=O)Oc2ccc(CC(NC(=O)C(N)CC(C)C)C(=O)OC(C)(C)C)cc2)CC1.Cl. The first-order valence-electron chi connectivity index (χ1n) is 12.3. The van der Waals surface area contributed by atoms with Gasteiger partial charge in [-0.15, -0.1) is 12.4 Å². The first-order chi connectivity index (χ1) is 16.7. The molecule has 3 N–H and O–H groups in total. The van der Waals surface area contributed by atoms with E-state index in [2.05, 4.69) is 5.32 Å². The number of piperazine rings is 1. The van der Waals surface area contributed by atoms with Gasteiger partial charge >= 0.3 is 12.1 Å². The van der Waals surface area contributed by atoms with Crippen molar-refractivity contribution in [2.75, 3.05) is 26.2 Å². The molecule has 0 aliphatic carbocycles. The van der Waals surface area contributed by atoms with Crippen molar-refractivity contribution < 1.29 is 28.7 Å². The average molecular weight is 541 g/mol. The number of nitrogens with two attached hydrogens (primary N) is 1. The highest BCUT2D eigenvalue weighted by Gasteiger charge is 2.29. The van der Waals surface area contributed by atoms with Crippen LogP contribution in [-0.4, -0.2) is 77.5 Å². The lowest BCUT2D eigenvalue weighted by Crippen LogP contribution is -2.51. The van der Waals surface area contributed by atoms with E-state index in [4.69, 9.17) is 15.2 Å². The van der Waals surface area contributed by atoms with E-state index in [-0.39, 0.29) is 30.7 Å². The summed E-state index contributed by atoms with van der Waals surface area (Å²) in [5, 5.41) is 2.74. The molecule has 0 aromatic heterocycles. The second kappa shape index (κ2) is 14.2. The number of benzene rings is 1. The summed E-state index contributed by atoms with van der Waals surface area (Å²) in [6, 6.07) is 5.09. The van der Waals surface area contributed by atoms with E-state index in [1.807, 2.05) is 13.8 Å². The minimum absolute atomic E-state index is 0. The van der Waals surface area contributed by atoms with Crippen LogP contribution in [0.2, 0.25) is 0 Å². The number of hydrogen-bond donors (Lipinski definition) is 2. The standard InChI is InChI=1S/C26H40N4O6.ClH/c1-17(2)15-21(27)23(32)28-22(24(33)36-26(4,5)6)16-19-7-9-20(10-8-19)35-25(34)30-13-11-29(12-14-30)18(3)31;/h7-10,17,21-22H,11-16,27H2,1-6H3,(H,28,32);1H. The Morgan fingerprint density at radius 2 is 1.54 bits per heavy atom. The van der Waals surface area contributed by atoms with Crippen LogP contribution in [0.3, 0.4) is 0 Å². The van der Waals surface area contributed by atoms with E-state index in [0.717, 1.165) is 5.56 Å². The summed E-state index contributed by atoms with van der Waals surface area (Å²) in [6.07, 6.45) is 0.205. The molecule has 0 spiro atoms. The lowest BCUT2D eigenvalue weighted by atomic mass is 10.0. The van der Waals surface area contributed by atoms with Crippen LogP contribution in [0.25, 0.3) is 0 Å². The Morgan fingerprint density at radius 1 is 1.00 bits per heavy atom. The molecule has 0 radical (unpaired) electrons. The van der Waals surface area contributed by atoms with E-state index < -0.39 is 35.7 Å². The second-order valence-corrected chi connectivity index (χ2v) is 10.5. The molecule has 1 fully saturated rings. The van der Waals surface area contributed by atoms with Crippen LogP contribution >= 0.6 is 12.4 Å². The summed E-state index contributed by atoms with van der Waals surface area (Å²) in [5.74, 6) is -0.377. The number of hydrogen-bond acceptors (Lipinski definition) is 7. The number of rotatable bonds is 8. The van der Waals surface area contributed by atoms with Crippen LogP contribution in [0, 0.1) is 5.92 Å². The molecule has 1 aromatic rings. The van der Waals surface area contributed by atoms with Gasteiger partial charge in [0.25, 0.3) is 0 Å². The fourth-order valence-electron chi connectivity index (χ4n) is 3.76. The predicted molar refractivity (Wildman–Crippen MR) is 142 cm³/mol. The van der Waals surface area contributed by atoms with Gasteiger partial charge in [-0.1, -0.05) is 26.0 Å². The van der Waals surface area contributed by atoms with Gasteiger partial charge in [0.15, 0.2) is 0 Å². The minimum atomic E-state index is -0.916. The van der Waals surface area contributed by atoms with Crippen LogP contribution in [-0.2, 0) is 25.5 Å². The van der Waals surface area contributed by atoms with Crippen molar-refractivity contribution >= 4 is 36.3 Å². The maximum Gasteiger partial charge on any atom is 0.415 e. The fraction of sp³-hybridized carbons (Fsp3) is 0.615. The predicted octanol–water partition coefficient (Wildman–Crippen LogP) is 2.51. The zero-order valence-corrected chi connectivity index (χ0v) is 23.4. The molecule has 1 saturated heterocycles. The van der Waals surface area contributed by atoms with Crippen molar-refractivity contribution in [3.63, 3.8) is 0 Å². The van der Waals surface area contributed by atoms with Gasteiger partial charge in [0, 0.05) is 39.5 Å². The van der Waals surface area contributed by atoms with E-state index >= 15 is 0 Å². The molecule has 0 bridgehead atoms. The number of carbonyl (C=O) groups excluding carboxylic acids is 4. The third kappa shape index (κ3) is 11.0. The van der Waals surface area contributed by atoms with Crippen molar-refractivity contribution in [1.82, 2.24) is 15.1 Å². The van der Waals surface area contributed by atoms with Gasteiger partial charge in [0.05, 0.1) is 6.04 Å². The van der Waals surface area contributed by atoms with Gasteiger partial charge in [-0.2, -0.15) is 0 Å². The van der Waals surface area contributed by atoms with Crippen LogP contribution in [0.15, 0.2) is 24.3 Å². The highest BCUT2D eigenvalue weighted by atomic mass is 35.5. The highest BCUT2D eigenvalue weighted by molar-refractivity contribution is 5.87. The summed E-state index contributed by atoms with van der Waals surface area (Å²) in [4.78, 5) is 52.6. The van der Waals surface area contributed by atoms with Crippen LogP contribution in [0.1, 0.15) is 53.5 Å². The quantitative estimate of drug-likeness (QED) is 0.484. The van der Waals surface area contributed by atoms with Gasteiger partial charge in [-0.3, -0.25) is 9.59 Å². The number of carbonyl (C=O) groups is 4.